The lowest BCUT2D eigenvalue weighted by molar-refractivity contribution is 0.172. The van der Waals surface area contributed by atoms with E-state index in [1.54, 1.807) is 7.11 Å². The van der Waals surface area contributed by atoms with Gasteiger partial charge in [0.2, 0.25) is 0 Å². The highest BCUT2D eigenvalue weighted by molar-refractivity contribution is 5.89. The molecule has 0 spiro atoms. The molecule has 0 radical (unpaired) electrons. The van der Waals surface area contributed by atoms with Crippen LogP contribution in [0.4, 0.5) is 0 Å². The van der Waals surface area contributed by atoms with Crippen molar-refractivity contribution in [2.45, 2.75) is 12.8 Å². The number of rotatable bonds is 1. The van der Waals surface area contributed by atoms with Crippen LogP contribution in [-0.4, -0.2) is 37.4 Å². The van der Waals surface area contributed by atoms with E-state index in [9.17, 15) is 0 Å². The Labute approximate surface area is 79.2 Å². The highest BCUT2D eigenvalue weighted by atomic mass is 35.5. The first kappa shape index (κ1) is 9.81. The van der Waals surface area contributed by atoms with Crippen LogP contribution in [0.5, 0.6) is 0 Å². The number of oxime groups is 1. The molecule has 0 N–H and O–H groups in total. The van der Waals surface area contributed by atoms with Crippen molar-refractivity contribution in [1.82, 2.24) is 4.90 Å². The van der Waals surface area contributed by atoms with Crippen LogP contribution in [0.1, 0.15) is 12.8 Å². The maximum absolute atomic E-state index is 4.80. The highest BCUT2D eigenvalue weighted by Gasteiger charge is 2.31. The van der Waals surface area contributed by atoms with Crippen molar-refractivity contribution >= 4 is 18.1 Å². The van der Waals surface area contributed by atoms with E-state index in [4.69, 9.17) is 4.84 Å². The highest BCUT2D eigenvalue weighted by Crippen LogP contribution is 2.25. The van der Waals surface area contributed by atoms with Gasteiger partial charge in [-0.1, -0.05) is 5.16 Å². The summed E-state index contributed by atoms with van der Waals surface area (Å²) in [5.74, 6) is 0.722. The van der Waals surface area contributed by atoms with Gasteiger partial charge in [-0.2, -0.15) is 0 Å². The van der Waals surface area contributed by atoms with Crippen molar-refractivity contribution in [2.75, 3.05) is 26.7 Å². The second kappa shape index (κ2) is 4.10. The monoisotopic (exact) mass is 190 g/mol. The van der Waals surface area contributed by atoms with Gasteiger partial charge in [0.25, 0.3) is 0 Å². The Hall–Kier alpha value is -0.280. The molecule has 0 aliphatic carbocycles. The van der Waals surface area contributed by atoms with Crippen molar-refractivity contribution in [1.29, 1.82) is 0 Å². The first-order valence-electron chi connectivity index (χ1n) is 4.22. The summed E-state index contributed by atoms with van der Waals surface area (Å²) >= 11 is 0. The van der Waals surface area contributed by atoms with Crippen LogP contribution in [0, 0.1) is 5.92 Å². The topological polar surface area (TPSA) is 24.8 Å². The third-order valence-corrected chi connectivity index (χ3v) is 2.65. The van der Waals surface area contributed by atoms with Gasteiger partial charge in [-0.15, -0.1) is 12.4 Å². The van der Waals surface area contributed by atoms with Gasteiger partial charge in [0.15, 0.2) is 0 Å². The molecule has 0 aromatic heterocycles. The molecule has 0 aromatic rings. The number of halogens is 1. The maximum atomic E-state index is 4.80. The first-order valence-corrected chi connectivity index (χ1v) is 4.22. The molecular formula is C8H15ClN2O. The quantitative estimate of drug-likeness (QED) is 0.580. The van der Waals surface area contributed by atoms with Gasteiger partial charge in [-0.3, -0.25) is 4.90 Å². The molecule has 3 saturated heterocycles. The minimum atomic E-state index is 0. The average molecular weight is 191 g/mol. The second-order valence-electron chi connectivity index (χ2n) is 3.32. The lowest BCUT2D eigenvalue weighted by Crippen LogP contribution is -2.47. The molecule has 3 nitrogen and oxygen atoms in total. The third-order valence-electron chi connectivity index (χ3n) is 2.65. The van der Waals surface area contributed by atoms with Gasteiger partial charge < -0.3 is 4.84 Å². The molecule has 12 heavy (non-hydrogen) atoms. The lowest BCUT2D eigenvalue weighted by atomic mass is 9.87. The van der Waals surface area contributed by atoms with Crippen molar-refractivity contribution in [3.05, 3.63) is 0 Å². The third kappa shape index (κ3) is 1.72. The number of nitrogens with zero attached hydrogens (tertiary/aromatic N) is 2. The summed E-state index contributed by atoms with van der Waals surface area (Å²) in [6, 6.07) is 0. The Morgan fingerprint density at radius 1 is 1.42 bits per heavy atom. The van der Waals surface area contributed by atoms with Gasteiger partial charge >= 0.3 is 0 Å². The van der Waals surface area contributed by atoms with E-state index in [1.165, 1.54) is 31.6 Å². The Morgan fingerprint density at radius 3 is 2.50 bits per heavy atom. The molecule has 0 unspecified atom stereocenters. The molecule has 0 saturated carbocycles. The molecule has 2 bridgehead atoms. The molecule has 0 aromatic carbocycles. The van der Waals surface area contributed by atoms with Gasteiger partial charge in [0.1, 0.15) is 7.11 Å². The normalized spacial score (nSPS) is 36.2. The molecule has 3 rings (SSSR count). The molecule has 70 valence electrons. The van der Waals surface area contributed by atoms with E-state index in [0.29, 0.717) is 0 Å². The Bertz CT molecular complexity index is 176. The Morgan fingerprint density at radius 2 is 2.08 bits per heavy atom. The zero-order valence-electron chi connectivity index (χ0n) is 7.32. The SMILES string of the molecule is CO/N=C1/CN2CCC1CC2.Cl. The minimum Gasteiger partial charge on any atom is -0.399 e. The summed E-state index contributed by atoms with van der Waals surface area (Å²) in [5.41, 5.74) is 1.25. The van der Waals surface area contributed by atoms with Crippen LogP contribution in [-0.2, 0) is 4.84 Å². The molecule has 3 aliphatic rings. The van der Waals surface area contributed by atoms with E-state index >= 15 is 0 Å². The van der Waals surface area contributed by atoms with Crippen molar-refractivity contribution in [3.63, 3.8) is 0 Å². The maximum Gasteiger partial charge on any atom is 0.106 e. The molecule has 4 heteroatoms. The van der Waals surface area contributed by atoms with Gasteiger partial charge in [0, 0.05) is 12.5 Å². The molecule has 0 amide bonds. The van der Waals surface area contributed by atoms with Crippen LogP contribution < -0.4 is 0 Å². The Kier molecular flexibility index (Phi) is 3.35. The molecule has 3 heterocycles. The van der Waals surface area contributed by atoms with E-state index in [0.717, 1.165) is 12.5 Å². The summed E-state index contributed by atoms with van der Waals surface area (Å²) in [5, 5.41) is 4.04. The fourth-order valence-electron chi connectivity index (χ4n) is 2.00. The summed E-state index contributed by atoms with van der Waals surface area (Å²) in [6.07, 6.45) is 2.56. The standard InChI is InChI=1S/C8H14N2O.ClH/c1-11-9-8-6-10-4-2-7(8)3-5-10;/h7H,2-6H2,1H3;1H/b9-8-;. The number of hydrogen-bond acceptors (Lipinski definition) is 3. The largest absolute Gasteiger partial charge is 0.399 e. The number of fused-ring (bicyclic) bond motifs is 3. The van der Waals surface area contributed by atoms with E-state index < -0.39 is 0 Å². The molecular weight excluding hydrogens is 176 g/mol. The Balaban J connectivity index is 0.000000720. The molecule has 3 fully saturated rings. The van der Waals surface area contributed by atoms with Crippen molar-refractivity contribution < 1.29 is 4.84 Å². The van der Waals surface area contributed by atoms with Crippen molar-refractivity contribution in [2.24, 2.45) is 11.1 Å². The predicted molar refractivity (Wildman–Crippen MR) is 50.9 cm³/mol. The predicted octanol–water partition coefficient (Wildman–Crippen LogP) is 1.14. The zero-order valence-corrected chi connectivity index (χ0v) is 8.14. The molecule has 0 atom stereocenters. The first-order chi connectivity index (χ1) is 5.40. The fourth-order valence-corrected chi connectivity index (χ4v) is 2.00. The summed E-state index contributed by atoms with van der Waals surface area (Å²) in [6.45, 7) is 3.55. The van der Waals surface area contributed by atoms with E-state index in [-0.39, 0.29) is 12.4 Å². The van der Waals surface area contributed by atoms with E-state index in [2.05, 4.69) is 10.1 Å². The lowest BCUT2D eigenvalue weighted by Gasteiger charge is -2.39. The average Bonchev–Trinajstić information content (AvgIpc) is 2.07. The van der Waals surface area contributed by atoms with Crippen LogP contribution in [0.3, 0.4) is 0 Å². The van der Waals surface area contributed by atoms with Gasteiger partial charge in [-0.25, -0.2) is 0 Å². The minimum absolute atomic E-state index is 0. The molecule has 3 aliphatic heterocycles. The van der Waals surface area contributed by atoms with Gasteiger partial charge in [-0.05, 0) is 25.9 Å². The number of piperidine rings is 3. The van der Waals surface area contributed by atoms with Crippen LogP contribution in [0.2, 0.25) is 0 Å². The van der Waals surface area contributed by atoms with Crippen molar-refractivity contribution in [3.8, 4) is 0 Å². The fraction of sp³-hybridized carbons (Fsp3) is 0.875. The second-order valence-corrected chi connectivity index (χ2v) is 3.32. The summed E-state index contributed by atoms with van der Waals surface area (Å²) < 4.78 is 0. The van der Waals surface area contributed by atoms with Crippen LogP contribution in [0.25, 0.3) is 0 Å². The summed E-state index contributed by atoms with van der Waals surface area (Å²) in [7, 11) is 1.63. The van der Waals surface area contributed by atoms with Gasteiger partial charge in [0.05, 0.1) is 5.71 Å². The van der Waals surface area contributed by atoms with Crippen LogP contribution >= 0.6 is 12.4 Å². The smallest absolute Gasteiger partial charge is 0.106 e. The zero-order chi connectivity index (χ0) is 7.68. The number of hydrogen-bond donors (Lipinski definition) is 0. The summed E-state index contributed by atoms with van der Waals surface area (Å²) in [4.78, 5) is 7.24. The van der Waals surface area contributed by atoms with Crippen LogP contribution in [0.15, 0.2) is 5.16 Å². The van der Waals surface area contributed by atoms with E-state index in [1.807, 2.05) is 0 Å².